The summed E-state index contributed by atoms with van der Waals surface area (Å²) in [5.74, 6) is -0.135. The van der Waals surface area contributed by atoms with Gasteiger partial charge in [-0.15, -0.1) is 11.3 Å². The van der Waals surface area contributed by atoms with Gasteiger partial charge in [-0.05, 0) is 12.8 Å². The van der Waals surface area contributed by atoms with Gasteiger partial charge in [-0.25, -0.2) is 0 Å². The highest BCUT2D eigenvalue weighted by Gasteiger charge is 2.40. The van der Waals surface area contributed by atoms with Gasteiger partial charge in [0, 0.05) is 23.7 Å². The Hall–Kier alpha value is -1.27. The van der Waals surface area contributed by atoms with E-state index in [9.17, 15) is 9.59 Å². The maximum Gasteiger partial charge on any atom is 0.247 e. The van der Waals surface area contributed by atoms with E-state index in [4.69, 9.17) is 0 Å². The van der Waals surface area contributed by atoms with Gasteiger partial charge in [-0.3, -0.25) is 19.5 Å². The highest BCUT2D eigenvalue weighted by molar-refractivity contribution is 7.09. The van der Waals surface area contributed by atoms with Crippen LogP contribution in [0.1, 0.15) is 38.0 Å². The molecule has 1 aromatic heterocycles. The molecule has 1 saturated heterocycles. The lowest BCUT2D eigenvalue weighted by molar-refractivity contribution is -0.141. The molecule has 1 aromatic rings. The zero-order valence-corrected chi connectivity index (χ0v) is 12.1. The number of rotatable bonds is 6. The maximum absolute atomic E-state index is 12.3. The molecule has 6 heteroatoms. The lowest BCUT2D eigenvalue weighted by atomic mass is 10.1. The van der Waals surface area contributed by atoms with Gasteiger partial charge in [0.2, 0.25) is 11.8 Å². The molecule has 0 saturated carbocycles. The molecule has 2 heterocycles. The van der Waals surface area contributed by atoms with Gasteiger partial charge in [0.15, 0.2) is 0 Å². The fourth-order valence-corrected chi connectivity index (χ4v) is 2.95. The number of imide groups is 1. The van der Waals surface area contributed by atoms with Gasteiger partial charge < -0.3 is 5.32 Å². The SMILES string of the molecule is CCC(CC)N1C(=O)CC(NCc2cncs2)C1=O. The second kappa shape index (κ2) is 6.25. The third-order valence-electron chi connectivity index (χ3n) is 3.50. The summed E-state index contributed by atoms with van der Waals surface area (Å²) >= 11 is 1.54. The van der Waals surface area contributed by atoms with Crippen molar-refractivity contribution in [2.45, 2.75) is 51.7 Å². The number of hydrogen-bond donors (Lipinski definition) is 1. The molecule has 2 amide bonds. The van der Waals surface area contributed by atoms with Crippen LogP contribution in [0.25, 0.3) is 0 Å². The lowest BCUT2D eigenvalue weighted by Crippen LogP contribution is -2.43. The van der Waals surface area contributed by atoms with E-state index < -0.39 is 0 Å². The normalized spacial score (nSPS) is 19.7. The molecule has 19 heavy (non-hydrogen) atoms. The van der Waals surface area contributed by atoms with Crippen molar-refractivity contribution in [3.05, 3.63) is 16.6 Å². The average molecular weight is 281 g/mol. The number of thiazole rings is 1. The molecule has 0 bridgehead atoms. The topological polar surface area (TPSA) is 62.3 Å². The van der Waals surface area contributed by atoms with Crippen LogP contribution in [0.5, 0.6) is 0 Å². The molecule has 0 radical (unpaired) electrons. The standard InChI is InChI=1S/C13H19N3O2S/c1-3-9(4-2)16-12(17)5-11(13(16)18)15-7-10-6-14-8-19-10/h6,8-9,11,15H,3-5,7H2,1-2H3. The number of hydrogen-bond acceptors (Lipinski definition) is 5. The largest absolute Gasteiger partial charge is 0.300 e. The van der Waals surface area contributed by atoms with Crippen LogP contribution in [0.15, 0.2) is 11.7 Å². The zero-order valence-electron chi connectivity index (χ0n) is 11.3. The summed E-state index contributed by atoms with van der Waals surface area (Å²) < 4.78 is 0. The minimum absolute atomic E-state index is 0.0372. The van der Waals surface area contributed by atoms with Gasteiger partial charge in [0.25, 0.3) is 0 Å². The lowest BCUT2D eigenvalue weighted by Gasteiger charge is -2.24. The Morgan fingerprint density at radius 1 is 1.47 bits per heavy atom. The Kier molecular flexibility index (Phi) is 4.66. The summed E-state index contributed by atoms with van der Waals surface area (Å²) in [5, 5.41) is 3.16. The third-order valence-corrected chi connectivity index (χ3v) is 4.28. The van der Waals surface area contributed by atoms with Crippen LogP contribution >= 0.6 is 11.3 Å². The van der Waals surface area contributed by atoms with Crippen molar-refractivity contribution in [2.24, 2.45) is 0 Å². The Balaban J connectivity index is 1.97. The molecule has 1 aliphatic heterocycles. The number of carbonyl (C=O) groups is 2. The summed E-state index contributed by atoms with van der Waals surface area (Å²) in [6.07, 6.45) is 3.68. The van der Waals surface area contributed by atoms with Gasteiger partial charge >= 0.3 is 0 Å². The summed E-state index contributed by atoms with van der Waals surface area (Å²) in [6.45, 7) is 4.60. The van der Waals surface area contributed by atoms with Crippen molar-refractivity contribution in [1.82, 2.24) is 15.2 Å². The molecule has 1 aliphatic rings. The van der Waals surface area contributed by atoms with Crippen molar-refractivity contribution in [1.29, 1.82) is 0 Å². The van der Waals surface area contributed by atoms with Crippen LogP contribution in [-0.2, 0) is 16.1 Å². The van der Waals surface area contributed by atoms with Crippen LogP contribution in [0.3, 0.4) is 0 Å². The van der Waals surface area contributed by atoms with E-state index in [1.165, 1.54) is 4.90 Å². The van der Waals surface area contributed by atoms with Crippen molar-refractivity contribution >= 4 is 23.2 Å². The molecule has 104 valence electrons. The number of carbonyl (C=O) groups excluding carboxylic acids is 2. The number of aromatic nitrogens is 1. The first kappa shape index (κ1) is 14.1. The van der Waals surface area contributed by atoms with E-state index in [0.717, 1.165) is 17.7 Å². The molecule has 0 spiro atoms. The van der Waals surface area contributed by atoms with E-state index >= 15 is 0 Å². The van der Waals surface area contributed by atoms with E-state index in [1.807, 2.05) is 13.8 Å². The number of amides is 2. The third kappa shape index (κ3) is 3.01. The molecule has 1 atom stereocenters. The van der Waals surface area contributed by atoms with Gasteiger partial charge in [0.05, 0.1) is 18.0 Å². The van der Waals surface area contributed by atoms with E-state index in [1.54, 1.807) is 23.0 Å². The smallest absolute Gasteiger partial charge is 0.247 e. The summed E-state index contributed by atoms with van der Waals surface area (Å²) in [4.78, 5) is 30.7. The highest BCUT2D eigenvalue weighted by Crippen LogP contribution is 2.20. The number of likely N-dealkylation sites (tertiary alicyclic amines) is 1. The first-order chi connectivity index (χ1) is 9.17. The summed E-state index contributed by atoms with van der Waals surface area (Å²) in [5.41, 5.74) is 1.76. The Bertz CT molecular complexity index is 443. The Morgan fingerprint density at radius 3 is 2.79 bits per heavy atom. The zero-order chi connectivity index (χ0) is 13.8. The van der Waals surface area contributed by atoms with Crippen molar-refractivity contribution in [2.75, 3.05) is 0 Å². The molecule has 1 N–H and O–H groups in total. The van der Waals surface area contributed by atoms with Crippen molar-refractivity contribution in [3.63, 3.8) is 0 Å². The van der Waals surface area contributed by atoms with Crippen molar-refractivity contribution < 1.29 is 9.59 Å². The minimum Gasteiger partial charge on any atom is -0.300 e. The second-order valence-electron chi connectivity index (χ2n) is 4.68. The molecule has 5 nitrogen and oxygen atoms in total. The molecule has 1 unspecified atom stereocenters. The predicted molar refractivity (Wildman–Crippen MR) is 73.6 cm³/mol. The van der Waals surface area contributed by atoms with Crippen molar-refractivity contribution in [3.8, 4) is 0 Å². The Labute approximate surface area is 117 Å². The van der Waals surface area contributed by atoms with E-state index in [0.29, 0.717) is 6.54 Å². The van der Waals surface area contributed by atoms with E-state index in [2.05, 4.69) is 10.3 Å². The molecule has 2 rings (SSSR count). The fraction of sp³-hybridized carbons (Fsp3) is 0.615. The van der Waals surface area contributed by atoms with Crippen LogP contribution in [0.2, 0.25) is 0 Å². The average Bonchev–Trinajstić information content (AvgIpc) is 3.00. The quantitative estimate of drug-likeness (QED) is 0.804. The molecule has 1 fully saturated rings. The first-order valence-corrected chi connectivity index (χ1v) is 7.52. The number of nitrogens with one attached hydrogen (secondary N) is 1. The minimum atomic E-state index is -0.379. The monoisotopic (exact) mass is 281 g/mol. The second-order valence-corrected chi connectivity index (χ2v) is 5.65. The highest BCUT2D eigenvalue weighted by atomic mass is 32.1. The summed E-state index contributed by atoms with van der Waals surface area (Å²) in [7, 11) is 0. The molecular formula is C13H19N3O2S. The first-order valence-electron chi connectivity index (χ1n) is 6.64. The van der Waals surface area contributed by atoms with Crippen LogP contribution < -0.4 is 5.32 Å². The predicted octanol–water partition coefficient (Wildman–Crippen LogP) is 1.55. The summed E-state index contributed by atoms with van der Waals surface area (Å²) in [6, 6.07) is -0.342. The Morgan fingerprint density at radius 2 is 2.21 bits per heavy atom. The van der Waals surface area contributed by atoms with Crippen LogP contribution in [0, 0.1) is 0 Å². The van der Waals surface area contributed by atoms with Crippen LogP contribution in [-0.4, -0.2) is 33.8 Å². The molecule has 0 aromatic carbocycles. The van der Waals surface area contributed by atoms with E-state index in [-0.39, 0.29) is 30.3 Å². The van der Waals surface area contributed by atoms with Gasteiger partial charge in [-0.2, -0.15) is 0 Å². The van der Waals surface area contributed by atoms with Gasteiger partial charge in [0.1, 0.15) is 0 Å². The maximum atomic E-state index is 12.3. The molecular weight excluding hydrogens is 262 g/mol. The molecule has 0 aliphatic carbocycles. The van der Waals surface area contributed by atoms with Crippen LogP contribution in [0.4, 0.5) is 0 Å². The number of nitrogens with zero attached hydrogens (tertiary/aromatic N) is 2. The van der Waals surface area contributed by atoms with Gasteiger partial charge in [-0.1, -0.05) is 13.8 Å². The fourth-order valence-electron chi connectivity index (χ4n) is 2.40.